The van der Waals surface area contributed by atoms with Crippen LogP contribution in [-0.2, 0) is 16.8 Å². The van der Waals surface area contributed by atoms with Crippen molar-refractivity contribution in [3.63, 3.8) is 0 Å². The van der Waals surface area contributed by atoms with E-state index in [1.54, 1.807) is 41.4 Å². The molecule has 4 N–H and O–H groups in total. The molecule has 1 aliphatic carbocycles. The predicted octanol–water partition coefficient (Wildman–Crippen LogP) is 1.43. The van der Waals surface area contributed by atoms with Gasteiger partial charge in [0.1, 0.15) is 5.02 Å². The lowest BCUT2D eigenvalue weighted by Gasteiger charge is -2.20. The van der Waals surface area contributed by atoms with E-state index in [-0.39, 0.29) is 6.04 Å². The molecule has 2 aliphatic rings. The number of nitrogens with one attached hydrogen (secondary N) is 3. The van der Waals surface area contributed by atoms with Gasteiger partial charge in [0.25, 0.3) is 10.2 Å². The summed E-state index contributed by atoms with van der Waals surface area (Å²) in [7, 11) is -3.38. The summed E-state index contributed by atoms with van der Waals surface area (Å²) in [5.41, 5.74) is 0.705. The van der Waals surface area contributed by atoms with Crippen LogP contribution < -0.4 is 15.4 Å². The Kier molecular flexibility index (Phi) is 6.86. The summed E-state index contributed by atoms with van der Waals surface area (Å²) in [5.74, 6) is 1.56. The van der Waals surface area contributed by atoms with E-state index in [1.807, 2.05) is 0 Å². The van der Waals surface area contributed by atoms with E-state index in [0.717, 1.165) is 12.8 Å². The fourth-order valence-electron chi connectivity index (χ4n) is 4.49. The predicted molar refractivity (Wildman–Crippen MR) is 122 cm³/mol. The second-order valence-corrected chi connectivity index (χ2v) is 10.6. The number of anilines is 3. The molecule has 1 saturated carbocycles. The first kappa shape index (κ1) is 23.2. The topological polar surface area (TPSA) is 137 Å². The molecule has 4 rings (SSSR count). The summed E-state index contributed by atoms with van der Waals surface area (Å²) >= 11 is 6.32. The molecule has 1 saturated heterocycles. The van der Waals surface area contributed by atoms with Crippen LogP contribution in [0.1, 0.15) is 26.7 Å². The van der Waals surface area contributed by atoms with Crippen LogP contribution in [0, 0.1) is 11.8 Å². The van der Waals surface area contributed by atoms with Crippen molar-refractivity contribution in [1.82, 2.24) is 28.8 Å². The minimum absolute atomic E-state index is 0.169. The van der Waals surface area contributed by atoms with Crippen LogP contribution in [0.4, 0.5) is 17.5 Å². The molecule has 0 spiro atoms. The van der Waals surface area contributed by atoms with E-state index in [9.17, 15) is 13.5 Å². The van der Waals surface area contributed by atoms with Crippen molar-refractivity contribution in [2.75, 3.05) is 30.3 Å². The molecule has 2 aromatic heterocycles. The van der Waals surface area contributed by atoms with Crippen molar-refractivity contribution in [3.05, 3.63) is 23.6 Å². The van der Waals surface area contributed by atoms with Gasteiger partial charge < -0.3 is 15.7 Å². The quantitative estimate of drug-likeness (QED) is 0.419. The maximum atomic E-state index is 12.3. The number of aromatic nitrogens is 4. The van der Waals surface area contributed by atoms with Gasteiger partial charge in [0.05, 0.1) is 30.7 Å². The highest BCUT2D eigenvalue weighted by molar-refractivity contribution is 7.87. The third-order valence-corrected chi connectivity index (χ3v) is 7.72. The molecule has 1 aliphatic heterocycles. The van der Waals surface area contributed by atoms with Crippen molar-refractivity contribution >= 4 is 39.3 Å². The molecule has 2 fully saturated rings. The smallest absolute Gasteiger partial charge is 0.279 e. The zero-order valence-corrected chi connectivity index (χ0v) is 19.6. The van der Waals surface area contributed by atoms with Crippen molar-refractivity contribution in [2.45, 2.75) is 45.4 Å². The minimum Gasteiger partial charge on any atom is -0.391 e. The Morgan fingerprint density at radius 1 is 1.28 bits per heavy atom. The van der Waals surface area contributed by atoms with E-state index in [2.05, 4.69) is 30.4 Å². The van der Waals surface area contributed by atoms with Crippen LogP contribution in [0.3, 0.4) is 0 Å². The van der Waals surface area contributed by atoms with Gasteiger partial charge in [-0.2, -0.15) is 22.8 Å². The zero-order chi connectivity index (χ0) is 22.9. The van der Waals surface area contributed by atoms with Gasteiger partial charge in [0.15, 0.2) is 5.82 Å². The molecule has 0 aromatic carbocycles. The van der Waals surface area contributed by atoms with Crippen LogP contribution >= 0.6 is 11.6 Å². The lowest BCUT2D eigenvalue weighted by Crippen LogP contribution is -2.40. The lowest BCUT2D eigenvalue weighted by molar-refractivity contribution is 0.168. The number of hydrogen-bond acceptors (Lipinski definition) is 8. The number of hydrogen-bond donors (Lipinski definition) is 4. The number of aliphatic hydroxyl groups is 1. The average molecular weight is 485 g/mol. The molecule has 13 heteroatoms. The highest BCUT2D eigenvalue weighted by Crippen LogP contribution is 2.40. The van der Waals surface area contributed by atoms with E-state index >= 15 is 0 Å². The molecule has 176 valence electrons. The first-order valence-corrected chi connectivity index (χ1v) is 12.6. The summed E-state index contributed by atoms with van der Waals surface area (Å²) in [6, 6.07) is 0.169. The fraction of sp³-hybridized carbons (Fsp3) is 0.632. The number of halogens is 1. The molecule has 2 aromatic rings. The van der Waals surface area contributed by atoms with Gasteiger partial charge >= 0.3 is 0 Å². The average Bonchev–Trinajstić information content (AvgIpc) is 3.39. The van der Waals surface area contributed by atoms with Gasteiger partial charge in [-0.05, 0) is 31.6 Å². The number of aliphatic hydroxyl groups excluding tert-OH is 1. The molecule has 0 amide bonds. The molecule has 3 heterocycles. The standard InChI is InChI=1S/C19H29ClN8O3S/c1-3-23-32(30,31)28-9-13-4-15(5-14(13)10-28)24-18-17(20)7-21-19(26-18)25-16-6-22-27(11-16)8-12(2)29/h6-7,11-15,23,29H,3-5,8-10H2,1-2H3,(H2,21,24,25,26). The Morgan fingerprint density at radius 3 is 2.66 bits per heavy atom. The maximum absolute atomic E-state index is 12.3. The molecule has 32 heavy (non-hydrogen) atoms. The fourth-order valence-corrected chi connectivity index (χ4v) is 5.96. The van der Waals surface area contributed by atoms with Crippen molar-refractivity contribution in [3.8, 4) is 0 Å². The largest absolute Gasteiger partial charge is 0.391 e. The summed E-state index contributed by atoms with van der Waals surface area (Å²) in [5, 5.41) is 20.6. The summed E-state index contributed by atoms with van der Waals surface area (Å²) in [6.07, 6.45) is 6.17. The van der Waals surface area contributed by atoms with Gasteiger partial charge in [-0.15, -0.1) is 0 Å². The maximum Gasteiger partial charge on any atom is 0.279 e. The monoisotopic (exact) mass is 484 g/mol. The van der Waals surface area contributed by atoms with Crippen LogP contribution in [0.5, 0.6) is 0 Å². The Balaban J connectivity index is 1.36. The molecular weight excluding hydrogens is 456 g/mol. The van der Waals surface area contributed by atoms with Crippen LogP contribution in [0.2, 0.25) is 5.02 Å². The number of nitrogens with zero attached hydrogens (tertiary/aromatic N) is 5. The van der Waals surface area contributed by atoms with E-state index < -0.39 is 16.3 Å². The molecular formula is C19H29ClN8O3S. The van der Waals surface area contributed by atoms with Gasteiger partial charge in [-0.25, -0.2) is 9.71 Å². The highest BCUT2D eigenvalue weighted by Gasteiger charge is 2.44. The van der Waals surface area contributed by atoms with Crippen LogP contribution in [0.15, 0.2) is 18.6 Å². The zero-order valence-electron chi connectivity index (χ0n) is 18.1. The van der Waals surface area contributed by atoms with Crippen molar-refractivity contribution < 1.29 is 13.5 Å². The van der Waals surface area contributed by atoms with Gasteiger partial charge in [0, 0.05) is 31.9 Å². The molecule has 3 unspecified atom stereocenters. The van der Waals surface area contributed by atoms with E-state index in [0.29, 0.717) is 60.5 Å². The van der Waals surface area contributed by atoms with E-state index in [4.69, 9.17) is 11.6 Å². The Labute approximate surface area is 192 Å². The van der Waals surface area contributed by atoms with Gasteiger partial charge in [-0.3, -0.25) is 4.68 Å². The Bertz CT molecular complexity index is 1030. The minimum atomic E-state index is -3.38. The molecule has 0 bridgehead atoms. The second-order valence-electron chi connectivity index (χ2n) is 8.47. The highest BCUT2D eigenvalue weighted by atomic mass is 35.5. The van der Waals surface area contributed by atoms with Crippen LogP contribution in [-0.4, -0.2) is 69.4 Å². The normalized spacial score (nSPS) is 24.4. The summed E-state index contributed by atoms with van der Waals surface area (Å²) in [4.78, 5) is 8.74. The Morgan fingerprint density at radius 2 is 2.00 bits per heavy atom. The van der Waals surface area contributed by atoms with Gasteiger partial charge in [-0.1, -0.05) is 18.5 Å². The summed E-state index contributed by atoms with van der Waals surface area (Å²) < 4.78 is 30.3. The lowest BCUT2D eigenvalue weighted by atomic mass is 10.0. The Hall–Kier alpha value is -1.99. The van der Waals surface area contributed by atoms with E-state index in [1.165, 1.54) is 0 Å². The number of fused-ring (bicyclic) bond motifs is 1. The number of rotatable bonds is 9. The molecule has 0 radical (unpaired) electrons. The third kappa shape index (κ3) is 5.31. The second kappa shape index (κ2) is 9.48. The third-order valence-electron chi connectivity index (χ3n) is 5.81. The summed E-state index contributed by atoms with van der Waals surface area (Å²) in [6.45, 7) is 5.35. The first-order valence-electron chi connectivity index (χ1n) is 10.7. The molecule has 11 nitrogen and oxygen atoms in total. The first-order chi connectivity index (χ1) is 15.2. The van der Waals surface area contributed by atoms with Crippen molar-refractivity contribution in [1.29, 1.82) is 0 Å². The van der Waals surface area contributed by atoms with Crippen molar-refractivity contribution in [2.24, 2.45) is 11.8 Å². The SMILES string of the molecule is CCNS(=O)(=O)N1CC2CC(Nc3nc(Nc4cnn(CC(C)O)c4)ncc3Cl)CC2C1. The molecule has 3 atom stereocenters. The van der Waals surface area contributed by atoms with Crippen LogP contribution in [0.25, 0.3) is 0 Å². The van der Waals surface area contributed by atoms with Gasteiger partial charge in [0.2, 0.25) is 5.95 Å².